The Labute approximate surface area is 216 Å². The highest BCUT2D eigenvalue weighted by Crippen LogP contribution is 2.28. The van der Waals surface area contributed by atoms with Gasteiger partial charge < -0.3 is 15.1 Å². The minimum atomic E-state index is -0.0838. The molecule has 1 atom stereocenters. The summed E-state index contributed by atoms with van der Waals surface area (Å²) in [4.78, 5) is 42.7. The number of thioether (sulfide) groups is 1. The zero-order valence-corrected chi connectivity index (χ0v) is 21.7. The second-order valence-electron chi connectivity index (χ2n) is 9.20. The highest BCUT2D eigenvalue weighted by Gasteiger charge is 2.33. The Hall–Kier alpha value is -2.39. The summed E-state index contributed by atoms with van der Waals surface area (Å²) in [6, 6.07) is 7.60. The Bertz CT molecular complexity index is 1000. The standard InChI is InChI=1S/C25H33ClN6O2S/c1-18-16-31(13-14-32(18)24(34)19-7-3-2-4-8-19)22-15-21(26)29-25(30-22)35-17-23(33)28-12-10-20-9-5-6-11-27-20/h5-6,9,11,15,18-19H,2-4,7-8,10,12-14,16-17H2,1H3,(H,28,33). The number of carbonyl (C=O) groups excluding carboxylic acids is 2. The highest BCUT2D eigenvalue weighted by molar-refractivity contribution is 7.99. The molecule has 1 saturated heterocycles. The first kappa shape index (κ1) is 25.7. The van der Waals surface area contributed by atoms with E-state index in [9.17, 15) is 9.59 Å². The normalized spacial score (nSPS) is 19.0. The lowest BCUT2D eigenvalue weighted by atomic mass is 9.88. The largest absolute Gasteiger partial charge is 0.355 e. The SMILES string of the molecule is CC1CN(c2cc(Cl)nc(SCC(=O)NCCc3ccccn3)n2)CCN1C(=O)C1CCCCC1. The van der Waals surface area contributed by atoms with Gasteiger partial charge in [-0.1, -0.05) is 48.7 Å². The minimum absolute atomic E-state index is 0.0838. The number of anilines is 1. The molecule has 3 heterocycles. The van der Waals surface area contributed by atoms with Crippen LogP contribution in [0.1, 0.15) is 44.7 Å². The Morgan fingerprint density at radius 2 is 2.00 bits per heavy atom. The van der Waals surface area contributed by atoms with Gasteiger partial charge in [0.15, 0.2) is 5.16 Å². The van der Waals surface area contributed by atoms with Crippen LogP contribution < -0.4 is 10.2 Å². The van der Waals surface area contributed by atoms with E-state index in [0.29, 0.717) is 48.8 Å². The molecule has 2 aromatic rings. The first-order valence-corrected chi connectivity index (χ1v) is 13.8. The number of carbonyl (C=O) groups is 2. The molecule has 188 valence electrons. The first-order valence-electron chi connectivity index (χ1n) is 12.4. The third-order valence-corrected chi connectivity index (χ3v) is 7.65. The topological polar surface area (TPSA) is 91.3 Å². The average molecular weight is 517 g/mol. The molecule has 10 heteroatoms. The van der Waals surface area contributed by atoms with E-state index < -0.39 is 0 Å². The maximum atomic E-state index is 13.0. The first-order chi connectivity index (χ1) is 17.0. The van der Waals surface area contributed by atoms with Gasteiger partial charge in [-0.15, -0.1) is 0 Å². The van der Waals surface area contributed by atoms with Crippen LogP contribution >= 0.6 is 23.4 Å². The maximum absolute atomic E-state index is 13.0. The van der Waals surface area contributed by atoms with Crippen molar-refractivity contribution in [3.63, 3.8) is 0 Å². The third-order valence-electron chi connectivity index (χ3n) is 6.61. The molecule has 1 unspecified atom stereocenters. The van der Waals surface area contributed by atoms with E-state index in [1.54, 1.807) is 12.3 Å². The number of piperazine rings is 1. The van der Waals surface area contributed by atoms with Gasteiger partial charge in [0.25, 0.3) is 0 Å². The van der Waals surface area contributed by atoms with Gasteiger partial charge in [-0.2, -0.15) is 0 Å². The van der Waals surface area contributed by atoms with Gasteiger partial charge in [-0.3, -0.25) is 14.6 Å². The number of hydrogen-bond acceptors (Lipinski definition) is 7. The number of hydrogen-bond donors (Lipinski definition) is 1. The molecule has 0 radical (unpaired) electrons. The average Bonchev–Trinajstić information content (AvgIpc) is 2.88. The van der Waals surface area contributed by atoms with E-state index in [4.69, 9.17) is 11.6 Å². The van der Waals surface area contributed by atoms with Crippen molar-refractivity contribution in [1.29, 1.82) is 0 Å². The number of halogens is 1. The van der Waals surface area contributed by atoms with E-state index in [2.05, 4.69) is 32.1 Å². The van der Waals surface area contributed by atoms with Gasteiger partial charge in [-0.25, -0.2) is 9.97 Å². The van der Waals surface area contributed by atoms with E-state index in [-0.39, 0.29) is 23.6 Å². The van der Waals surface area contributed by atoms with Crippen molar-refractivity contribution in [3.8, 4) is 0 Å². The molecule has 4 rings (SSSR count). The maximum Gasteiger partial charge on any atom is 0.230 e. The summed E-state index contributed by atoms with van der Waals surface area (Å²) >= 11 is 7.56. The van der Waals surface area contributed by atoms with Crippen LogP contribution in [-0.2, 0) is 16.0 Å². The molecular formula is C25H33ClN6O2S. The predicted octanol–water partition coefficient (Wildman–Crippen LogP) is 3.59. The molecule has 2 fully saturated rings. The lowest BCUT2D eigenvalue weighted by molar-refractivity contribution is -0.139. The zero-order valence-electron chi connectivity index (χ0n) is 20.2. The molecule has 1 aliphatic heterocycles. The summed E-state index contributed by atoms with van der Waals surface area (Å²) in [6.45, 7) is 4.71. The van der Waals surface area contributed by atoms with Crippen molar-refractivity contribution in [3.05, 3.63) is 41.3 Å². The summed E-state index contributed by atoms with van der Waals surface area (Å²) in [5, 5.41) is 3.73. The molecule has 2 aliphatic rings. The second kappa shape index (κ2) is 12.5. The summed E-state index contributed by atoms with van der Waals surface area (Å²) in [5.41, 5.74) is 0.943. The molecule has 35 heavy (non-hydrogen) atoms. The fourth-order valence-corrected chi connectivity index (χ4v) is 5.66. The quantitative estimate of drug-likeness (QED) is 0.325. The van der Waals surface area contributed by atoms with Crippen molar-refractivity contribution in [1.82, 2.24) is 25.2 Å². The molecule has 0 spiro atoms. The van der Waals surface area contributed by atoms with Crippen LogP contribution in [0.5, 0.6) is 0 Å². The van der Waals surface area contributed by atoms with Gasteiger partial charge in [0.05, 0.1) is 5.75 Å². The number of rotatable bonds is 8. The second-order valence-corrected chi connectivity index (χ2v) is 10.5. The molecule has 0 bridgehead atoms. The minimum Gasteiger partial charge on any atom is -0.355 e. The van der Waals surface area contributed by atoms with Crippen LogP contribution in [0.15, 0.2) is 35.6 Å². The molecule has 8 nitrogen and oxygen atoms in total. The predicted molar refractivity (Wildman–Crippen MR) is 139 cm³/mol. The highest BCUT2D eigenvalue weighted by atomic mass is 35.5. The summed E-state index contributed by atoms with van der Waals surface area (Å²) in [5.74, 6) is 1.36. The van der Waals surface area contributed by atoms with Crippen molar-refractivity contribution >= 4 is 41.0 Å². The summed E-state index contributed by atoms with van der Waals surface area (Å²) < 4.78 is 0. The van der Waals surface area contributed by atoms with E-state index in [1.165, 1.54) is 18.2 Å². The number of nitrogens with zero attached hydrogens (tertiary/aromatic N) is 5. The number of aromatic nitrogens is 3. The smallest absolute Gasteiger partial charge is 0.230 e. The zero-order chi connectivity index (χ0) is 24.6. The lowest BCUT2D eigenvalue weighted by Crippen LogP contribution is -2.55. The van der Waals surface area contributed by atoms with Crippen molar-refractivity contribution in [2.24, 2.45) is 5.92 Å². The fourth-order valence-electron chi connectivity index (χ4n) is 4.75. The van der Waals surface area contributed by atoms with Gasteiger partial charge in [-0.05, 0) is 31.9 Å². The molecule has 1 N–H and O–H groups in total. The van der Waals surface area contributed by atoms with Crippen LogP contribution in [0.2, 0.25) is 5.15 Å². The number of pyridine rings is 1. The van der Waals surface area contributed by atoms with Crippen LogP contribution in [-0.4, -0.2) is 69.6 Å². The van der Waals surface area contributed by atoms with Gasteiger partial charge in [0, 0.05) is 62.5 Å². The molecule has 2 aromatic heterocycles. The Kier molecular flexibility index (Phi) is 9.20. The third kappa shape index (κ3) is 7.30. The van der Waals surface area contributed by atoms with Crippen LogP contribution in [0.3, 0.4) is 0 Å². The molecule has 1 aliphatic carbocycles. The molecule has 0 aromatic carbocycles. The van der Waals surface area contributed by atoms with E-state index >= 15 is 0 Å². The van der Waals surface area contributed by atoms with Gasteiger partial charge in [0.2, 0.25) is 11.8 Å². The van der Waals surface area contributed by atoms with E-state index in [1.807, 2.05) is 23.1 Å². The van der Waals surface area contributed by atoms with Crippen LogP contribution in [0, 0.1) is 5.92 Å². The Morgan fingerprint density at radius 1 is 1.17 bits per heavy atom. The lowest BCUT2D eigenvalue weighted by Gasteiger charge is -2.42. The van der Waals surface area contributed by atoms with Gasteiger partial charge in [0.1, 0.15) is 11.0 Å². The van der Waals surface area contributed by atoms with Crippen molar-refractivity contribution in [2.45, 2.75) is 56.6 Å². The molecule has 2 amide bonds. The number of amides is 2. The van der Waals surface area contributed by atoms with Gasteiger partial charge >= 0.3 is 0 Å². The Morgan fingerprint density at radius 3 is 2.74 bits per heavy atom. The Balaban J connectivity index is 1.27. The fraction of sp³-hybridized carbons (Fsp3) is 0.560. The van der Waals surface area contributed by atoms with Crippen LogP contribution in [0.4, 0.5) is 5.82 Å². The van der Waals surface area contributed by atoms with E-state index in [0.717, 1.165) is 37.2 Å². The van der Waals surface area contributed by atoms with Crippen molar-refractivity contribution in [2.75, 3.05) is 36.8 Å². The van der Waals surface area contributed by atoms with Crippen molar-refractivity contribution < 1.29 is 9.59 Å². The molecule has 1 saturated carbocycles. The summed E-state index contributed by atoms with van der Waals surface area (Å²) in [6.07, 6.45) is 8.03. The van der Waals surface area contributed by atoms with Crippen LogP contribution in [0.25, 0.3) is 0 Å². The number of nitrogens with one attached hydrogen (secondary N) is 1. The molecular weight excluding hydrogens is 484 g/mol. The summed E-state index contributed by atoms with van der Waals surface area (Å²) in [7, 11) is 0. The monoisotopic (exact) mass is 516 g/mol.